The molecule has 1 aliphatic carbocycles. The number of phenols is 3. The van der Waals surface area contributed by atoms with Gasteiger partial charge >= 0.3 is 0 Å². The Morgan fingerprint density at radius 1 is 0.623 bits per heavy atom. The highest BCUT2D eigenvalue weighted by Gasteiger charge is 2.37. The zero-order valence-electron chi connectivity index (χ0n) is 33.5. The maximum Gasteiger partial charge on any atom is 0.145 e. The summed E-state index contributed by atoms with van der Waals surface area (Å²) < 4.78 is 28.2. The summed E-state index contributed by atoms with van der Waals surface area (Å²) in [5, 5.41) is 31.3. The van der Waals surface area contributed by atoms with Crippen LogP contribution < -0.4 is 14.2 Å². The topological polar surface area (TPSA) is 97.6 Å². The average molecular weight is 1030 g/mol. The van der Waals surface area contributed by atoms with Gasteiger partial charge in [0.05, 0.1) is 32.6 Å². The van der Waals surface area contributed by atoms with Crippen molar-refractivity contribution in [1.29, 1.82) is 0 Å². The molecule has 9 heteroatoms. The monoisotopic (exact) mass is 1030 g/mol. The van der Waals surface area contributed by atoms with Crippen LogP contribution in [0.4, 0.5) is 0 Å². The van der Waals surface area contributed by atoms with E-state index in [-0.39, 0.29) is 23.2 Å². The van der Waals surface area contributed by atoms with Crippen LogP contribution >= 0.6 is 45.2 Å². The van der Waals surface area contributed by atoms with Crippen LogP contribution in [0.2, 0.25) is 0 Å². The molecule has 7 nitrogen and oxygen atoms in total. The molecule has 0 amide bonds. The van der Waals surface area contributed by atoms with Gasteiger partial charge in [-0.25, -0.2) is 0 Å². The van der Waals surface area contributed by atoms with E-state index < -0.39 is 5.60 Å². The van der Waals surface area contributed by atoms with Gasteiger partial charge in [0.25, 0.3) is 0 Å². The van der Waals surface area contributed by atoms with Crippen LogP contribution in [0.15, 0.2) is 133 Å². The van der Waals surface area contributed by atoms with Gasteiger partial charge < -0.3 is 34.3 Å². The minimum absolute atomic E-state index is 0.156. The second-order valence-corrected chi connectivity index (χ2v) is 18.2. The minimum atomic E-state index is -0.490. The molecule has 1 heterocycles. The van der Waals surface area contributed by atoms with Crippen LogP contribution in [0.1, 0.15) is 57.3 Å². The number of hydrogen-bond donors (Lipinski definition) is 3. The van der Waals surface area contributed by atoms with Gasteiger partial charge in [0.2, 0.25) is 0 Å². The number of phenolic OH excluding ortho intramolecular Hbond substituents is 3. The van der Waals surface area contributed by atoms with Gasteiger partial charge in [-0.1, -0.05) is 66.7 Å². The number of ether oxygens (including phenoxy) is 4. The molecule has 0 saturated heterocycles. The predicted octanol–water partition coefficient (Wildman–Crippen LogP) is 12.3. The summed E-state index contributed by atoms with van der Waals surface area (Å²) in [7, 11) is 0. The quantitative estimate of drug-likeness (QED) is 0.0990. The van der Waals surface area contributed by atoms with E-state index >= 15 is 0 Å². The van der Waals surface area contributed by atoms with Crippen LogP contribution in [0.3, 0.4) is 0 Å². The van der Waals surface area contributed by atoms with Gasteiger partial charge in [0.15, 0.2) is 0 Å². The summed E-state index contributed by atoms with van der Waals surface area (Å²) in [5.74, 6) is 3.93. The Hall–Kier alpha value is -5.24. The van der Waals surface area contributed by atoms with E-state index in [2.05, 4.69) is 113 Å². The lowest BCUT2D eigenvalue weighted by atomic mass is 9.75. The molecule has 1 aliphatic heterocycles. The van der Waals surface area contributed by atoms with E-state index in [4.69, 9.17) is 18.9 Å². The molecule has 2 atom stereocenters. The van der Waals surface area contributed by atoms with Gasteiger partial charge in [0.1, 0.15) is 40.2 Å². The number of fused-ring (bicyclic) bond motifs is 6. The Morgan fingerprint density at radius 3 is 1.80 bits per heavy atom. The van der Waals surface area contributed by atoms with Crippen molar-refractivity contribution in [2.24, 2.45) is 0 Å². The van der Waals surface area contributed by atoms with Crippen molar-refractivity contribution in [1.82, 2.24) is 0 Å². The molecule has 0 radical (unpaired) electrons. The SMILES string of the molecule is CC1(OCCc2ccc(O)cc2)C=Cc2c(ccc3c2C(c2cc(I)c(OCCc4ccc(O)cc4)c(I)c2)c2c(ccc4cc(OCCc5ccc(O)cc5)ccc24)O3)C1. The largest absolute Gasteiger partial charge is 0.508 e. The van der Waals surface area contributed by atoms with E-state index in [1.165, 1.54) is 5.56 Å². The molecule has 0 fully saturated rings. The average Bonchev–Trinajstić information content (AvgIpc) is 3.25. The maximum absolute atomic E-state index is 9.73. The van der Waals surface area contributed by atoms with Gasteiger partial charge in [-0.3, -0.25) is 0 Å². The zero-order chi connectivity index (χ0) is 42.1. The van der Waals surface area contributed by atoms with Crippen molar-refractivity contribution < 1.29 is 34.3 Å². The highest BCUT2D eigenvalue weighted by atomic mass is 127. The van der Waals surface area contributed by atoms with Gasteiger partial charge in [-0.2, -0.15) is 0 Å². The number of rotatable bonds is 13. The van der Waals surface area contributed by atoms with Crippen molar-refractivity contribution in [3.05, 3.63) is 185 Å². The van der Waals surface area contributed by atoms with Crippen molar-refractivity contribution >= 4 is 62.0 Å². The molecular formula is C52H44I2O7. The fraction of sp³-hybridized carbons (Fsp3) is 0.192. The van der Waals surface area contributed by atoms with E-state index in [0.717, 1.165) is 99.1 Å². The summed E-state index contributed by atoms with van der Waals surface area (Å²) in [5.41, 5.74) is 8.56. The number of aromatic hydroxyl groups is 3. The highest BCUT2D eigenvalue weighted by Crippen LogP contribution is 2.54. The molecule has 0 aromatic heterocycles. The van der Waals surface area contributed by atoms with Crippen LogP contribution in [0.25, 0.3) is 16.8 Å². The molecule has 7 aromatic rings. The maximum atomic E-state index is 9.73. The molecule has 2 aliphatic rings. The van der Waals surface area contributed by atoms with E-state index in [1.807, 2.05) is 42.5 Å². The standard InChI is InChI=1S/C52H44I2O7/c1-52(60-27-23-34-6-14-40(57)15-7-34)24-20-43-36(31-52)9-19-47-50(43)48(37-29-44(53)51(45(54)30-37)59-26-22-33-4-12-39(56)13-5-33)49-42-17-16-41(28-35(42)8-18-46(49)61-47)58-25-21-32-2-10-38(55)11-3-32/h2-20,24,28-30,48,55-57H,21-23,25-27,31H2,1H3. The van der Waals surface area contributed by atoms with Crippen molar-refractivity contribution in [3.8, 4) is 40.2 Å². The molecule has 0 saturated carbocycles. The number of benzene rings is 7. The van der Waals surface area contributed by atoms with Gasteiger partial charge in [-0.05, 0) is 175 Å². The lowest BCUT2D eigenvalue weighted by Gasteiger charge is -2.36. The van der Waals surface area contributed by atoms with Gasteiger partial charge in [-0.15, -0.1) is 0 Å². The summed E-state index contributed by atoms with van der Waals surface area (Å²) in [4.78, 5) is 0. The number of halogens is 2. The molecule has 3 N–H and O–H groups in total. The first-order valence-electron chi connectivity index (χ1n) is 20.4. The van der Waals surface area contributed by atoms with E-state index in [9.17, 15) is 15.3 Å². The number of hydrogen-bond acceptors (Lipinski definition) is 7. The molecule has 0 spiro atoms. The van der Waals surface area contributed by atoms with E-state index in [0.29, 0.717) is 26.2 Å². The molecule has 2 unspecified atom stereocenters. The Labute approximate surface area is 382 Å². The third-order valence-electron chi connectivity index (χ3n) is 11.6. The zero-order valence-corrected chi connectivity index (χ0v) is 37.9. The predicted molar refractivity (Wildman–Crippen MR) is 257 cm³/mol. The third-order valence-corrected chi connectivity index (χ3v) is 13.2. The van der Waals surface area contributed by atoms with Crippen LogP contribution in [0.5, 0.6) is 40.2 Å². The Bertz CT molecular complexity index is 2720. The Balaban J connectivity index is 1.05. The first-order chi connectivity index (χ1) is 29.6. The fourth-order valence-electron chi connectivity index (χ4n) is 8.41. The molecule has 61 heavy (non-hydrogen) atoms. The minimum Gasteiger partial charge on any atom is -0.508 e. The summed E-state index contributed by atoms with van der Waals surface area (Å²) in [6, 6.07) is 41.1. The van der Waals surface area contributed by atoms with Crippen molar-refractivity contribution in [2.45, 2.75) is 44.1 Å². The third kappa shape index (κ3) is 9.05. The second kappa shape index (κ2) is 17.6. The second-order valence-electron chi connectivity index (χ2n) is 15.9. The van der Waals surface area contributed by atoms with Crippen LogP contribution in [0, 0.1) is 7.14 Å². The Kier molecular flexibility index (Phi) is 11.9. The normalized spacial score (nSPS) is 16.3. The van der Waals surface area contributed by atoms with Crippen molar-refractivity contribution in [3.63, 3.8) is 0 Å². The fourth-order valence-corrected chi connectivity index (χ4v) is 10.5. The first-order valence-corrected chi connectivity index (χ1v) is 22.6. The molecular weight excluding hydrogens is 990 g/mol. The summed E-state index contributed by atoms with van der Waals surface area (Å²) in [6.45, 7) is 3.73. The van der Waals surface area contributed by atoms with Gasteiger partial charge in [0, 0.05) is 36.3 Å². The molecule has 7 aromatic carbocycles. The first kappa shape index (κ1) is 41.1. The summed E-state index contributed by atoms with van der Waals surface area (Å²) in [6.07, 6.45) is 7.33. The lowest BCUT2D eigenvalue weighted by molar-refractivity contribution is 0.00733. The smallest absolute Gasteiger partial charge is 0.145 e. The lowest BCUT2D eigenvalue weighted by Crippen LogP contribution is -2.32. The molecule has 9 rings (SSSR count). The van der Waals surface area contributed by atoms with Crippen LogP contribution in [-0.4, -0.2) is 40.7 Å². The van der Waals surface area contributed by atoms with Crippen molar-refractivity contribution in [2.75, 3.05) is 19.8 Å². The summed E-state index contributed by atoms with van der Waals surface area (Å²) >= 11 is 4.81. The molecule has 0 bridgehead atoms. The molecule has 308 valence electrons. The van der Waals surface area contributed by atoms with E-state index in [1.54, 1.807) is 36.4 Å². The van der Waals surface area contributed by atoms with Crippen LogP contribution in [-0.2, 0) is 30.4 Å². The highest BCUT2D eigenvalue weighted by molar-refractivity contribution is 14.1. The Morgan fingerprint density at radius 2 is 1.18 bits per heavy atom.